The maximum atomic E-state index is 5.51. The molecule has 20 heavy (non-hydrogen) atoms. The molecule has 3 heteroatoms. The monoisotopic (exact) mass is 277 g/mol. The van der Waals surface area contributed by atoms with Crippen molar-refractivity contribution in [3.63, 3.8) is 0 Å². The molecule has 112 valence electrons. The smallest absolute Gasteiger partial charge is 0.176 e. The summed E-state index contributed by atoms with van der Waals surface area (Å²) in [4.78, 5) is 0. The minimum Gasteiger partial charge on any atom is -0.354 e. The molecule has 1 aliphatic carbocycles. The molecule has 0 amide bonds. The highest BCUT2D eigenvalue weighted by molar-refractivity contribution is 5.34. The van der Waals surface area contributed by atoms with Crippen molar-refractivity contribution in [3.8, 4) is 0 Å². The van der Waals surface area contributed by atoms with Crippen LogP contribution in [0.3, 0.4) is 0 Å². The lowest BCUT2D eigenvalue weighted by Gasteiger charge is -2.33. The van der Waals surface area contributed by atoms with E-state index in [2.05, 4.69) is 36.5 Å². The molecular formula is C17H27NO2. The second kappa shape index (κ2) is 7.77. The molecule has 2 rings (SSSR count). The number of nitrogens with one attached hydrogen (secondary N) is 1. The van der Waals surface area contributed by atoms with Crippen LogP contribution in [-0.2, 0) is 9.47 Å². The summed E-state index contributed by atoms with van der Waals surface area (Å²) in [7, 11) is 3.42. The van der Waals surface area contributed by atoms with E-state index in [0.717, 1.165) is 13.0 Å². The number of benzene rings is 1. The van der Waals surface area contributed by atoms with E-state index >= 15 is 0 Å². The molecule has 1 N–H and O–H groups in total. The summed E-state index contributed by atoms with van der Waals surface area (Å²) in [6.07, 6.45) is 4.82. The van der Waals surface area contributed by atoms with E-state index < -0.39 is 0 Å². The van der Waals surface area contributed by atoms with Crippen LogP contribution < -0.4 is 5.32 Å². The summed E-state index contributed by atoms with van der Waals surface area (Å²) >= 11 is 0. The maximum absolute atomic E-state index is 5.51. The molecule has 0 saturated heterocycles. The molecule has 1 fully saturated rings. The zero-order valence-corrected chi connectivity index (χ0v) is 12.9. The molecule has 1 atom stereocenters. The lowest BCUT2D eigenvalue weighted by atomic mass is 9.77. The first-order chi connectivity index (χ1) is 9.81. The van der Waals surface area contributed by atoms with Gasteiger partial charge in [-0.15, -0.1) is 0 Å². The second-order valence-corrected chi connectivity index (χ2v) is 5.53. The topological polar surface area (TPSA) is 30.5 Å². The summed E-state index contributed by atoms with van der Waals surface area (Å²) in [5.41, 5.74) is 2.80. The Balaban J connectivity index is 2.26. The minimum absolute atomic E-state index is 0.0988. The van der Waals surface area contributed by atoms with Crippen LogP contribution in [0, 0.1) is 0 Å². The number of methoxy groups -OCH3 is 2. The van der Waals surface area contributed by atoms with Gasteiger partial charge < -0.3 is 14.8 Å². The van der Waals surface area contributed by atoms with Crippen LogP contribution >= 0.6 is 0 Å². The third-order valence-corrected chi connectivity index (χ3v) is 4.23. The molecule has 1 unspecified atom stereocenters. The van der Waals surface area contributed by atoms with Crippen LogP contribution in [-0.4, -0.2) is 27.1 Å². The summed E-state index contributed by atoms with van der Waals surface area (Å²) < 4.78 is 11.0. The number of ether oxygens (including phenoxy) is 2. The Kier molecular flexibility index (Phi) is 6.02. The van der Waals surface area contributed by atoms with E-state index in [1.807, 2.05) is 0 Å². The van der Waals surface area contributed by atoms with Crippen molar-refractivity contribution in [1.29, 1.82) is 0 Å². The van der Waals surface area contributed by atoms with E-state index in [1.165, 1.54) is 30.4 Å². The van der Waals surface area contributed by atoms with Gasteiger partial charge in [0.15, 0.2) is 6.29 Å². The van der Waals surface area contributed by atoms with Gasteiger partial charge in [0.25, 0.3) is 0 Å². The molecule has 3 nitrogen and oxygen atoms in total. The molecule has 0 bridgehead atoms. The van der Waals surface area contributed by atoms with Crippen molar-refractivity contribution in [2.24, 2.45) is 0 Å². The van der Waals surface area contributed by atoms with Gasteiger partial charge in [0, 0.05) is 14.2 Å². The molecular weight excluding hydrogens is 250 g/mol. The van der Waals surface area contributed by atoms with Gasteiger partial charge in [0.1, 0.15) is 0 Å². The van der Waals surface area contributed by atoms with Gasteiger partial charge in [-0.2, -0.15) is 0 Å². The standard InChI is InChI=1S/C17H27NO2/c1-4-12-18-16(17(19-2)20-3)15-11-6-5-10-14(15)13-8-7-9-13/h5-6,10-11,13,16-18H,4,7-9,12H2,1-3H3. The molecule has 0 radical (unpaired) electrons. The zero-order chi connectivity index (χ0) is 14.4. The van der Waals surface area contributed by atoms with Gasteiger partial charge >= 0.3 is 0 Å². The Hall–Kier alpha value is -0.900. The fourth-order valence-electron chi connectivity index (χ4n) is 2.91. The van der Waals surface area contributed by atoms with Gasteiger partial charge in [0.05, 0.1) is 6.04 Å². The zero-order valence-electron chi connectivity index (χ0n) is 12.9. The predicted molar refractivity (Wildman–Crippen MR) is 81.9 cm³/mol. The van der Waals surface area contributed by atoms with Crippen molar-refractivity contribution in [2.45, 2.75) is 50.9 Å². The molecule has 0 spiro atoms. The summed E-state index contributed by atoms with van der Waals surface area (Å²) in [5, 5.41) is 3.58. The molecule has 1 aromatic rings. The summed E-state index contributed by atoms with van der Waals surface area (Å²) in [6.45, 7) is 3.14. The predicted octanol–water partition coefficient (Wildman–Crippen LogP) is 3.61. The quantitative estimate of drug-likeness (QED) is 0.736. The van der Waals surface area contributed by atoms with Crippen molar-refractivity contribution >= 4 is 0 Å². The Morgan fingerprint density at radius 3 is 2.45 bits per heavy atom. The van der Waals surface area contributed by atoms with Crippen LogP contribution in [0.15, 0.2) is 24.3 Å². The van der Waals surface area contributed by atoms with Gasteiger partial charge in [-0.1, -0.05) is 37.6 Å². The average Bonchev–Trinajstić information content (AvgIpc) is 2.43. The number of rotatable bonds is 8. The van der Waals surface area contributed by atoms with Crippen molar-refractivity contribution < 1.29 is 9.47 Å². The van der Waals surface area contributed by atoms with E-state index in [4.69, 9.17) is 9.47 Å². The van der Waals surface area contributed by atoms with Gasteiger partial charge in [-0.3, -0.25) is 0 Å². The first kappa shape index (κ1) is 15.5. The van der Waals surface area contributed by atoms with Gasteiger partial charge in [-0.05, 0) is 42.9 Å². The Bertz CT molecular complexity index is 400. The van der Waals surface area contributed by atoms with Gasteiger partial charge in [-0.25, -0.2) is 0 Å². The fraction of sp³-hybridized carbons (Fsp3) is 0.647. The van der Waals surface area contributed by atoms with Gasteiger partial charge in [0.2, 0.25) is 0 Å². The molecule has 0 aromatic heterocycles. The van der Waals surface area contributed by atoms with E-state index in [0.29, 0.717) is 5.92 Å². The largest absolute Gasteiger partial charge is 0.354 e. The van der Waals surface area contributed by atoms with Crippen molar-refractivity contribution in [3.05, 3.63) is 35.4 Å². The second-order valence-electron chi connectivity index (χ2n) is 5.53. The maximum Gasteiger partial charge on any atom is 0.176 e. The summed E-state index contributed by atoms with van der Waals surface area (Å²) in [5.74, 6) is 0.714. The van der Waals surface area contributed by atoms with Crippen LogP contribution in [0.1, 0.15) is 55.7 Å². The Labute approximate surface area is 122 Å². The molecule has 1 aliphatic rings. The highest BCUT2D eigenvalue weighted by atomic mass is 16.7. The normalized spacial score (nSPS) is 17.2. The number of hydrogen-bond donors (Lipinski definition) is 1. The van der Waals surface area contributed by atoms with Crippen LogP contribution in [0.5, 0.6) is 0 Å². The molecule has 0 aliphatic heterocycles. The van der Waals surface area contributed by atoms with Crippen molar-refractivity contribution in [2.75, 3.05) is 20.8 Å². The van der Waals surface area contributed by atoms with Crippen LogP contribution in [0.4, 0.5) is 0 Å². The fourth-order valence-corrected chi connectivity index (χ4v) is 2.91. The van der Waals surface area contributed by atoms with Crippen LogP contribution in [0.2, 0.25) is 0 Å². The lowest BCUT2D eigenvalue weighted by Crippen LogP contribution is -2.36. The Morgan fingerprint density at radius 1 is 1.20 bits per heavy atom. The molecule has 0 heterocycles. The van der Waals surface area contributed by atoms with E-state index in [1.54, 1.807) is 14.2 Å². The average molecular weight is 277 g/mol. The lowest BCUT2D eigenvalue weighted by molar-refractivity contribution is -0.124. The summed E-state index contributed by atoms with van der Waals surface area (Å²) in [6, 6.07) is 8.83. The van der Waals surface area contributed by atoms with E-state index in [-0.39, 0.29) is 12.3 Å². The minimum atomic E-state index is -0.247. The third-order valence-electron chi connectivity index (χ3n) is 4.23. The third kappa shape index (κ3) is 3.40. The van der Waals surface area contributed by atoms with Crippen molar-refractivity contribution in [1.82, 2.24) is 5.32 Å². The highest BCUT2D eigenvalue weighted by Crippen LogP contribution is 2.40. The molecule has 1 aromatic carbocycles. The van der Waals surface area contributed by atoms with E-state index in [9.17, 15) is 0 Å². The number of hydrogen-bond acceptors (Lipinski definition) is 3. The highest BCUT2D eigenvalue weighted by Gasteiger charge is 2.29. The SMILES string of the molecule is CCCNC(c1ccccc1C1CCC1)C(OC)OC. The Morgan fingerprint density at radius 2 is 1.90 bits per heavy atom. The first-order valence-corrected chi connectivity index (χ1v) is 7.69. The van der Waals surface area contributed by atoms with Crippen LogP contribution in [0.25, 0.3) is 0 Å². The first-order valence-electron chi connectivity index (χ1n) is 7.69. The molecule has 1 saturated carbocycles.